The molecule has 10 nitrogen and oxygen atoms in total. The number of amides is 3. The molecule has 3 amide bonds. The predicted molar refractivity (Wildman–Crippen MR) is 127 cm³/mol. The molecule has 5 rings (SSSR count). The first-order valence-electron chi connectivity index (χ1n) is 10.6. The third kappa shape index (κ3) is 4.78. The Hall–Kier alpha value is -1.86. The van der Waals surface area contributed by atoms with Crippen LogP contribution in [0.2, 0.25) is 0 Å². The number of rotatable bonds is 7. The predicted octanol–water partition coefficient (Wildman–Crippen LogP) is -0.115. The molecule has 34 heavy (non-hydrogen) atoms. The fourth-order valence-electron chi connectivity index (χ4n) is 4.36. The van der Waals surface area contributed by atoms with Gasteiger partial charge >= 0.3 is 35.5 Å². The molecule has 1 aliphatic carbocycles. The fraction of sp³-hybridized carbons (Fsp3) is 0.429. The summed E-state index contributed by atoms with van der Waals surface area (Å²) in [7, 11) is 0. The summed E-state index contributed by atoms with van der Waals surface area (Å²) in [6, 6.07) is 0.889. The number of thioether (sulfide) groups is 2. The number of carboxylic acid groups (broad SMARTS) is 1. The zero-order valence-electron chi connectivity index (χ0n) is 17.4. The Morgan fingerprint density at radius 3 is 2.62 bits per heavy atom. The number of nitrogens with zero attached hydrogens (tertiary/aromatic N) is 3. The molecule has 4 heterocycles. The van der Waals surface area contributed by atoms with Crippen molar-refractivity contribution in [2.24, 2.45) is 5.92 Å². The molecule has 0 bridgehead atoms. The van der Waals surface area contributed by atoms with Crippen molar-refractivity contribution in [1.82, 2.24) is 25.5 Å². The van der Waals surface area contributed by atoms with Crippen molar-refractivity contribution in [3.8, 4) is 0 Å². The van der Waals surface area contributed by atoms with Gasteiger partial charge in [0, 0.05) is 30.3 Å². The molecule has 4 aliphatic rings. The van der Waals surface area contributed by atoms with Crippen LogP contribution in [0, 0.1) is 5.92 Å². The van der Waals surface area contributed by atoms with Crippen molar-refractivity contribution in [3.63, 3.8) is 0 Å². The summed E-state index contributed by atoms with van der Waals surface area (Å²) in [6.45, 7) is 0.540. The van der Waals surface area contributed by atoms with Gasteiger partial charge in [0.2, 0.25) is 11.8 Å². The van der Waals surface area contributed by atoms with E-state index in [1.165, 1.54) is 16.7 Å². The van der Waals surface area contributed by atoms with Gasteiger partial charge in [-0.25, -0.2) is 14.8 Å². The van der Waals surface area contributed by atoms with Crippen LogP contribution in [-0.2, 0) is 19.2 Å². The first-order valence-corrected chi connectivity index (χ1v) is 12.6. The zero-order chi connectivity index (χ0) is 23.1. The molecule has 174 valence electrons. The molecule has 0 spiro atoms. The number of hydrogen-bond acceptors (Lipinski definition) is 8. The normalized spacial score (nSPS) is 25.1. The van der Waals surface area contributed by atoms with E-state index in [1.807, 2.05) is 0 Å². The third-order valence-corrected chi connectivity index (χ3v) is 8.09. The number of hydrogen-bond donors (Lipinski definition) is 3. The quantitative estimate of drug-likeness (QED) is 0.150. The number of β-lactam (4-membered cyclic amide) rings is 1. The molecule has 3 N–H and O–H groups in total. The molecule has 3 fully saturated rings. The molecule has 1 aromatic heterocycles. The standard InChI is InChI=1S/C21H21N5O5S2.Na.H/c27-13(9-33-21-23-5-1-6-24-21)25-15-18(29)26-16(20(30)31)12(8-32-19(15)26)14(10-2-3-10)11-4-7-22-17(11)28;;/h1,5-6,10,15,19H,2-4,7-9H2,(H,22,28)(H,25,27)(H,30,31);;/t15-,19-;;/m1../s1. The molecule has 0 unspecified atom stereocenters. The van der Waals surface area contributed by atoms with Gasteiger partial charge in [-0.15, -0.1) is 11.8 Å². The molecule has 1 saturated carbocycles. The summed E-state index contributed by atoms with van der Waals surface area (Å²) in [6.07, 6.45) is 5.54. The van der Waals surface area contributed by atoms with E-state index < -0.39 is 23.3 Å². The maximum atomic E-state index is 12.9. The molecule has 3 aliphatic heterocycles. The Morgan fingerprint density at radius 1 is 1.26 bits per heavy atom. The van der Waals surface area contributed by atoms with E-state index in [0.717, 1.165) is 30.2 Å². The Bertz CT molecular complexity index is 1110. The molecule has 2 atom stereocenters. The van der Waals surface area contributed by atoms with Gasteiger partial charge in [-0.2, -0.15) is 0 Å². The zero-order valence-corrected chi connectivity index (χ0v) is 19.1. The topological polar surface area (TPSA) is 142 Å². The number of carbonyl (C=O) groups excluding carboxylic acids is 3. The average Bonchev–Trinajstić information content (AvgIpc) is 3.57. The molecular weight excluding hydrogens is 489 g/mol. The van der Waals surface area contributed by atoms with Crippen molar-refractivity contribution >= 4 is 76.8 Å². The molecule has 0 radical (unpaired) electrons. The van der Waals surface area contributed by atoms with E-state index in [1.54, 1.807) is 18.5 Å². The maximum absolute atomic E-state index is 12.9. The second-order valence-corrected chi connectivity index (χ2v) is 10.1. The van der Waals surface area contributed by atoms with Gasteiger partial charge in [-0.05, 0) is 42.4 Å². The van der Waals surface area contributed by atoms with Gasteiger partial charge in [-0.1, -0.05) is 11.8 Å². The van der Waals surface area contributed by atoms with E-state index in [2.05, 4.69) is 20.6 Å². The third-order valence-electron chi connectivity index (χ3n) is 5.93. The summed E-state index contributed by atoms with van der Waals surface area (Å²) in [5.41, 5.74) is 1.94. The van der Waals surface area contributed by atoms with Gasteiger partial charge in [0.1, 0.15) is 17.1 Å². The molecular formula is C21H22N5NaO5S2. The van der Waals surface area contributed by atoms with Crippen LogP contribution in [0.4, 0.5) is 0 Å². The van der Waals surface area contributed by atoms with Crippen molar-refractivity contribution in [2.75, 3.05) is 18.1 Å². The second kappa shape index (κ2) is 10.4. The summed E-state index contributed by atoms with van der Waals surface area (Å²) < 4.78 is 0. The van der Waals surface area contributed by atoms with E-state index >= 15 is 0 Å². The summed E-state index contributed by atoms with van der Waals surface area (Å²) in [5.74, 6) is -1.56. The van der Waals surface area contributed by atoms with Crippen LogP contribution in [0.15, 0.2) is 46.0 Å². The Morgan fingerprint density at radius 2 is 2.00 bits per heavy atom. The molecule has 13 heteroatoms. The average molecular weight is 512 g/mol. The Kier molecular flexibility index (Phi) is 7.72. The number of carboxylic acids is 1. The van der Waals surface area contributed by atoms with Gasteiger partial charge in [0.05, 0.1) is 5.75 Å². The number of allylic oxidation sites excluding steroid dienone is 1. The Balaban J connectivity index is 0.00000274. The van der Waals surface area contributed by atoms with Gasteiger partial charge in [0.15, 0.2) is 5.16 Å². The monoisotopic (exact) mass is 511 g/mol. The number of aliphatic carboxylic acids is 1. The van der Waals surface area contributed by atoms with Crippen LogP contribution in [0.1, 0.15) is 19.3 Å². The SMILES string of the molecule is O=C(CSc1ncccn1)N[C@@H]1C(=O)N2C(C(=O)O)=C(C(=C3CCNC3=O)C3CC3)CS[C@H]12.[NaH]. The molecule has 1 aromatic rings. The first-order chi connectivity index (χ1) is 16.0. The summed E-state index contributed by atoms with van der Waals surface area (Å²) in [4.78, 5) is 59.3. The van der Waals surface area contributed by atoms with E-state index in [9.17, 15) is 24.3 Å². The van der Waals surface area contributed by atoms with Crippen molar-refractivity contribution < 1.29 is 24.3 Å². The Labute approximate surface area is 226 Å². The van der Waals surface area contributed by atoms with Crippen molar-refractivity contribution in [2.45, 2.75) is 35.8 Å². The van der Waals surface area contributed by atoms with E-state index in [-0.39, 0.29) is 58.7 Å². The van der Waals surface area contributed by atoms with E-state index in [4.69, 9.17) is 0 Å². The summed E-state index contributed by atoms with van der Waals surface area (Å²) in [5, 5.41) is 15.5. The van der Waals surface area contributed by atoms with Crippen molar-refractivity contribution in [1.29, 1.82) is 0 Å². The van der Waals surface area contributed by atoms with Crippen LogP contribution in [0.3, 0.4) is 0 Å². The number of carbonyl (C=O) groups is 4. The number of aromatic nitrogens is 2. The van der Waals surface area contributed by atoms with Gasteiger partial charge in [-0.3, -0.25) is 19.3 Å². The van der Waals surface area contributed by atoms with Crippen LogP contribution in [-0.4, -0.2) is 103 Å². The van der Waals surface area contributed by atoms with Crippen LogP contribution >= 0.6 is 23.5 Å². The minimum absolute atomic E-state index is 0. The van der Waals surface area contributed by atoms with Crippen LogP contribution < -0.4 is 10.6 Å². The van der Waals surface area contributed by atoms with Crippen LogP contribution in [0.5, 0.6) is 0 Å². The molecule has 2 saturated heterocycles. The van der Waals surface area contributed by atoms with Crippen LogP contribution in [0.25, 0.3) is 0 Å². The fourth-order valence-corrected chi connectivity index (χ4v) is 6.33. The minimum atomic E-state index is -1.19. The van der Waals surface area contributed by atoms with E-state index in [0.29, 0.717) is 35.0 Å². The second-order valence-electron chi connectivity index (χ2n) is 8.08. The van der Waals surface area contributed by atoms with Gasteiger partial charge in [0.25, 0.3) is 5.91 Å². The number of nitrogens with one attached hydrogen (secondary N) is 2. The van der Waals surface area contributed by atoms with Crippen molar-refractivity contribution in [3.05, 3.63) is 40.9 Å². The summed E-state index contributed by atoms with van der Waals surface area (Å²) >= 11 is 2.57. The van der Waals surface area contributed by atoms with Gasteiger partial charge < -0.3 is 15.7 Å². The first kappa shape index (κ1) is 25.2. The number of fused-ring (bicyclic) bond motifs is 1. The molecule has 0 aromatic carbocycles.